The minimum atomic E-state index is -4.57. The summed E-state index contributed by atoms with van der Waals surface area (Å²) < 4.78 is 61.9. The molecule has 1 amide bonds. The average Bonchev–Trinajstić information content (AvgIpc) is 3.54. The molecule has 2 unspecified atom stereocenters. The van der Waals surface area contributed by atoms with Gasteiger partial charge in [-0.3, -0.25) is 9.48 Å². The first-order chi connectivity index (χ1) is 16.3. The van der Waals surface area contributed by atoms with Gasteiger partial charge in [0.1, 0.15) is 17.4 Å². The van der Waals surface area contributed by atoms with Crippen LogP contribution in [0, 0.1) is 5.82 Å². The van der Waals surface area contributed by atoms with Crippen LogP contribution in [0.25, 0.3) is 0 Å². The molecule has 34 heavy (non-hydrogen) atoms. The second-order valence-electron chi connectivity index (χ2n) is 7.87. The summed E-state index contributed by atoms with van der Waals surface area (Å²) >= 11 is 0. The Labute approximate surface area is 190 Å². The predicted octanol–water partition coefficient (Wildman–Crippen LogP) is 4.77. The van der Waals surface area contributed by atoms with E-state index >= 15 is 0 Å². The molecule has 0 spiro atoms. The monoisotopic (exact) mass is 474 g/mol. The molecule has 4 heterocycles. The van der Waals surface area contributed by atoms with E-state index in [1.807, 2.05) is 0 Å². The Hall–Kier alpha value is -4.09. The molecule has 176 valence electrons. The minimum absolute atomic E-state index is 0.0622. The van der Waals surface area contributed by atoms with Gasteiger partial charge in [-0.1, -0.05) is 12.1 Å². The van der Waals surface area contributed by atoms with Crippen molar-refractivity contribution in [3.63, 3.8) is 0 Å². The van der Waals surface area contributed by atoms with Crippen molar-refractivity contribution in [2.45, 2.75) is 31.2 Å². The van der Waals surface area contributed by atoms with Gasteiger partial charge in [0.2, 0.25) is 0 Å². The molecule has 2 atom stereocenters. The molecule has 8 nitrogen and oxygen atoms in total. The molecule has 0 aliphatic carbocycles. The number of amides is 1. The Kier molecular flexibility index (Phi) is 5.34. The highest BCUT2D eigenvalue weighted by Crippen LogP contribution is 2.43. The van der Waals surface area contributed by atoms with E-state index in [9.17, 15) is 22.4 Å². The van der Waals surface area contributed by atoms with E-state index in [-0.39, 0.29) is 23.7 Å². The number of halogens is 4. The number of benzene rings is 1. The fourth-order valence-corrected chi connectivity index (χ4v) is 3.85. The molecule has 0 fully saturated rings. The van der Waals surface area contributed by atoms with Gasteiger partial charge < -0.3 is 15.1 Å². The normalized spacial score (nSPS) is 17.8. The number of fused-ring (bicyclic) bond motifs is 1. The lowest BCUT2D eigenvalue weighted by Gasteiger charge is -2.32. The van der Waals surface area contributed by atoms with Gasteiger partial charge >= 0.3 is 6.18 Å². The van der Waals surface area contributed by atoms with Crippen molar-refractivity contribution >= 4 is 17.4 Å². The molecule has 1 aromatic carbocycles. The quantitative estimate of drug-likeness (QED) is 0.407. The predicted molar refractivity (Wildman–Crippen MR) is 113 cm³/mol. The van der Waals surface area contributed by atoms with Gasteiger partial charge in [0.15, 0.2) is 11.7 Å². The van der Waals surface area contributed by atoms with Crippen molar-refractivity contribution < 1.29 is 26.8 Å². The van der Waals surface area contributed by atoms with Crippen LogP contribution in [-0.2, 0) is 6.54 Å². The fraction of sp³-hybridized carbons (Fsp3) is 0.227. The number of furan rings is 1. The van der Waals surface area contributed by atoms with E-state index in [1.165, 1.54) is 35.3 Å². The van der Waals surface area contributed by atoms with Gasteiger partial charge in [-0.2, -0.15) is 23.4 Å². The van der Waals surface area contributed by atoms with Gasteiger partial charge in [-0.15, -0.1) is 0 Å². The summed E-state index contributed by atoms with van der Waals surface area (Å²) in [6, 6.07) is 7.73. The molecule has 3 aromatic heterocycles. The largest absolute Gasteiger partial charge is 0.467 e. The second kappa shape index (κ2) is 8.36. The van der Waals surface area contributed by atoms with Gasteiger partial charge in [0.05, 0.1) is 30.7 Å². The molecule has 0 bridgehead atoms. The summed E-state index contributed by atoms with van der Waals surface area (Å²) in [6.07, 6.45) is -0.547. The topological polar surface area (TPSA) is 89.9 Å². The van der Waals surface area contributed by atoms with Crippen molar-refractivity contribution in [3.8, 4) is 0 Å². The van der Waals surface area contributed by atoms with Gasteiger partial charge in [0, 0.05) is 18.7 Å². The first-order valence-electron chi connectivity index (χ1n) is 10.3. The lowest BCUT2D eigenvalue weighted by atomic mass is 10.0. The number of carbonyl (C=O) groups is 1. The summed E-state index contributed by atoms with van der Waals surface area (Å²) in [6.45, 7) is 0.347. The van der Waals surface area contributed by atoms with Crippen LogP contribution in [0.2, 0.25) is 0 Å². The van der Waals surface area contributed by atoms with Gasteiger partial charge in [-0.05, 0) is 29.8 Å². The van der Waals surface area contributed by atoms with Crippen LogP contribution in [0.4, 0.5) is 29.1 Å². The smallest absolute Gasteiger partial charge is 0.410 e. The van der Waals surface area contributed by atoms with Crippen LogP contribution < -0.4 is 10.6 Å². The number of rotatable bonds is 5. The Morgan fingerprint density at radius 1 is 1.24 bits per heavy atom. The van der Waals surface area contributed by atoms with Crippen molar-refractivity contribution in [3.05, 3.63) is 84.0 Å². The first kappa shape index (κ1) is 21.7. The number of anilines is 2. The van der Waals surface area contributed by atoms with Crippen LogP contribution in [0.5, 0.6) is 0 Å². The summed E-state index contributed by atoms with van der Waals surface area (Å²) in [5, 5.41) is 13.6. The number of aromatic nitrogens is 4. The fourth-order valence-electron chi connectivity index (χ4n) is 3.85. The first-order valence-corrected chi connectivity index (χ1v) is 10.3. The average molecular weight is 474 g/mol. The number of hydrogen-bond donors (Lipinski definition) is 2. The molecular formula is C22H18F4N6O2. The van der Waals surface area contributed by atoms with Crippen LogP contribution >= 0.6 is 0 Å². The molecule has 5 rings (SSSR count). The van der Waals surface area contributed by atoms with Crippen molar-refractivity contribution in [1.82, 2.24) is 19.6 Å². The number of nitrogens with one attached hydrogen (secondary N) is 2. The molecule has 4 aromatic rings. The molecule has 2 N–H and O–H groups in total. The Morgan fingerprint density at radius 2 is 2.03 bits per heavy atom. The maximum atomic E-state index is 13.7. The zero-order valence-corrected chi connectivity index (χ0v) is 17.5. The lowest BCUT2D eigenvalue weighted by Crippen LogP contribution is -2.35. The summed E-state index contributed by atoms with van der Waals surface area (Å²) in [7, 11) is 0. The maximum Gasteiger partial charge on any atom is 0.410 e. The molecule has 0 radical (unpaired) electrons. The Morgan fingerprint density at radius 3 is 2.74 bits per heavy atom. The molecular weight excluding hydrogens is 456 g/mol. The summed E-state index contributed by atoms with van der Waals surface area (Å²) in [5.41, 5.74) is 0.967. The van der Waals surface area contributed by atoms with Crippen LogP contribution in [0.3, 0.4) is 0 Å². The number of alkyl halides is 3. The molecule has 1 aliphatic heterocycles. The Bertz CT molecular complexity index is 1290. The van der Waals surface area contributed by atoms with E-state index in [0.717, 1.165) is 10.2 Å². The van der Waals surface area contributed by atoms with Gasteiger partial charge in [-0.25, -0.2) is 9.07 Å². The lowest BCUT2D eigenvalue weighted by molar-refractivity contribution is -0.174. The molecule has 12 heteroatoms. The molecule has 1 aliphatic rings. The third-order valence-corrected chi connectivity index (χ3v) is 5.46. The highest BCUT2D eigenvalue weighted by atomic mass is 19.4. The minimum Gasteiger partial charge on any atom is -0.467 e. The standard InChI is InChI=1S/C22H18F4N6O2/c23-14-5-3-13(4-6-14)11-31-12-15(10-27-31)28-21(33)17-9-20-29-16(18-2-1-7-34-18)8-19(22(24,25)26)32(20)30-17/h1-7,9-10,12,16,19,29H,8,11H2,(H,28,33). The highest BCUT2D eigenvalue weighted by Gasteiger charge is 2.47. The van der Waals surface area contributed by atoms with Crippen molar-refractivity contribution in [1.29, 1.82) is 0 Å². The number of nitrogens with zero attached hydrogens (tertiary/aromatic N) is 4. The van der Waals surface area contributed by atoms with E-state index in [4.69, 9.17) is 4.42 Å². The number of carbonyl (C=O) groups excluding carboxylic acids is 1. The van der Waals surface area contributed by atoms with Crippen molar-refractivity contribution in [2.75, 3.05) is 10.6 Å². The highest BCUT2D eigenvalue weighted by molar-refractivity contribution is 6.03. The van der Waals surface area contributed by atoms with Gasteiger partial charge in [0.25, 0.3) is 5.91 Å². The van der Waals surface area contributed by atoms with E-state index < -0.39 is 24.2 Å². The van der Waals surface area contributed by atoms with Crippen LogP contribution in [0.1, 0.15) is 40.3 Å². The van der Waals surface area contributed by atoms with Crippen LogP contribution in [-0.4, -0.2) is 31.6 Å². The zero-order chi connectivity index (χ0) is 23.9. The maximum absolute atomic E-state index is 13.7. The third kappa shape index (κ3) is 4.38. The third-order valence-electron chi connectivity index (χ3n) is 5.46. The SMILES string of the molecule is O=C(Nc1cnn(Cc2ccc(F)cc2)c1)c1cc2n(n1)C(C(F)(F)F)CC(c1ccco1)N2. The number of hydrogen-bond acceptors (Lipinski definition) is 5. The van der Waals surface area contributed by atoms with E-state index in [1.54, 1.807) is 30.5 Å². The second-order valence-corrected chi connectivity index (χ2v) is 7.87. The molecule has 0 saturated carbocycles. The summed E-state index contributed by atoms with van der Waals surface area (Å²) in [4.78, 5) is 12.7. The Balaban J connectivity index is 1.33. The summed E-state index contributed by atoms with van der Waals surface area (Å²) in [5.74, 6) is -0.605. The van der Waals surface area contributed by atoms with E-state index in [2.05, 4.69) is 20.8 Å². The van der Waals surface area contributed by atoms with E-state index in [0.29, 0.717) is 18.0 Å². The zero-order valence-electron chi connectivity index (χ0n) is 17.5. The molecule has 0 saturated heterocycles. The van der Waals surface area contributed by atoms with Crippen molar-refractivity contribution in [2.24, 2.45) is 0 Å². The van der Waals surface area contributed by atoms with Crippen LogP contribution in [0.15, 0.2) is 65.5 Å².